The van der Waals surface area contributed by atoms with Gasteiger partial charge in [-0.25, -0.2) is 4.79 Å². The lowest BCUT2D eigenvalue weighted by atomic mass is 10.1. The van der Waals surface area contributed by atoms with Gasteiger partial charge in [-0.05, 0) is 47.0 Å². The Kier molecular flexibility index (Phi) is 9.76. The maximum atomic E-state index is 12.3. The zero-order valence-electron chi connectivity index (χ0n) is 17.5. The van der Waals surface area contributed by atoms with Gasteiger partial charge in [0.2, 0.25) is 0 Å². The molecule has 0 spiro atoms. The number of hydrogen-bond donors (Lipinski definition) is 1. The number of piperidine rings is 1. The molecule has 0 aromatic heterocycles. The topological polar surface area (TPSA) is 66.4 Å². The van der Waals surface area contributed by atoms with Crippen molar-refractivity contribution < 1.29 is 14.3 Å². The third-order valence-electron chi connectivity index (χ3n) is 4.17. The summed E-state index contributed by atoms with van der Waals surface area (Å²) in [5.74, 6) is 0.889. The fraction of sp³-hybridized carbons (Fsp3) is 0.895. The number of hydrogen-bond acceptors (Lipinski definition) is 4. The summed E-state index contributed by atoms with van der Waals surface area (Å²) >= 11 is 0. The monoisotopic (exact) mass is 370 g/mol. The molecule has 26 heavy (non-hydrogen) atoms. The van der Waals surface area contributed by atoms with Crippen molar-refractivity contribution in [2.75, 3.05) is 46.4 Å². The maximum Gasteiger partial charge on any atom is 0.410 e. The molecule has 1 aliphatic heterocycles. The van der Waals surface area contributed by atoms with Gasteiger partial charge in [0.05, 0.1) is 6.10 Å². The Hall–Kier alpha value is -1.50. The summed E-state index contributed by atoms with van der Waals surface area (Å²) in [5, 5.41) is 3.38. The normalized spacial score (nSPS) is 16.5. The highest BCUT2D eigenvalue weighted by Crippen LogP contribution is 2.14. The predicted octanol–water partition coefficient (Wildman–Crippen LogP) is 2.71. The minimum absolute atomic E-state index is 0.256. The average molecular weight is 371 g/mol. The van der Waals surface area contributed by atoms with Crippen molar-refractivity contribution in [1.82, 2.24) is 15.1 Å². The summed E-state index contributed by atoms with van der Waals surface area (Å²) in [6.07, 6.45) is 3.05. The zero-order chi connectivity index (χ0) is 19.6. The molecule has 0 bridgehead atoms. The molecule has 1 saturated heterocycles. The molecule has 0 atom stereocenters. The van der Waals surface area contributed by atoms with E-state index in [2.05, 4.69) is 22.1 Å². The number of nitrogens with one attached hydrogen (secondary N) is 1. The number of nitrogens with zero attached hydrogens (tertiary/aromatic N) is 3. The van der Waals surface area contributed by atoms with E-state index in [1.807, 2.05) is 27.7 Å². The Bertz CT molecular complexity index is 441. The van der Waals surface area contributed by atoms with Crippen molar-refractivity contribution in [1.29, 1.82) is 0 Å². The van der Waals surface area contributed by atoms with Crippen LogP contribution < -0.4 is 5.32 Å². The molecule has 0 aliphatic carbocycles. The van der Waals surface area contributed by atoms with E-state index in [0.717, 1.165) is 44.9 Å². The molecule has 0 unspecified atom stereocenters. The highest BCUT2D eigenvalue weighted by molar-refractivity contribution is 5.80. The molecule has 1 fully saturated rings. The highest BCUT2D eigenvalue weighted by atomic mass is 16.6. The van der Waals surface area contributed by atoms with Crippen LogP contribution in [0.25, 0.3) is 0 Å². The van der Waals surface area contributed by atoms with Gasteiger partial charge in [0.1, 0.15) is 5.60 Å². The summed E-state index contributed by atoms with van der Waals surface area (Å²) in [6.45, 7) is 14.4. The van der Waals surface area contributed by atoms with Gasteiger partial charge >= 0.3 is 6.09 Å². The van der Waals surface area contributed by atoms with E-state index in [1.165, 1.54) is 0 Å². The van der Waals surface area contributed by atoms with Crippen LogP contribution in [0.3, 0.4) is 0 Å². The molecule has 0 aromatic rings. The van der Waals surface area contributed by atoms with Crippen molar-refractivity contribution in [3.05, 3.63) is 0 Å². The fourth-order valence-corrected chi connectivity index (χ4v) is 3.00. The zero-order valence-corrected chi connectivity index (χ0v) is 17.5. The van der Waals surface area contributed by atoms with Crippen LogP contribution in [0.5, 0.6) is 0 Å². The Morgan fingerprint density at radius 2 is 1.88 bits per heavy atom. The van der Waals surface area contributed by atoms with Crippen LogP contribution in [-0.2, 0) is 9.47 Å². The number of aliphatic imine (C=N–C) groups is 1. The van der Waals surface area contributed by atoms with Crippen LogP contribution in [0, 0.1) is 0 Å². The number of likely N-dealkylation sites (tertiary alicyclic amines) is 1. The Labute approximate surface area is 159 Å². The number of carbonyl (C=O) groups is 1. The van der Waals surface area contributed by atoms with Crippen molar-refractivity contribution >= 4 is 12.1 Å². The third kappa shape index (κ3) is 8.25. The summed E-state index contributed by atoms with van der Waals surface area (Å²) in [5.41, 5.74) is -0.475. The summed E-state index contributed by atoms with van der Waals surface area (Å²) in [4.78, 5) is 20.7. The molecule has 0 aromatic carbocycles. The van der Waals surface area contributed by atoms with Gasteiger partial charge in [0, 0.05) is 46.4 Å². The first kappa shape index (κ1) is 22.5. The van der Waals surface area contributed by atoms with Gasteiger partial charge in [-0.15, -0.1) is 0 Å². The quantitative estimate of drug-likeness (QED) is 0.551. The van der Waals surface area contributed by atoms with Gasteiger partial charge in [0.15, 0.2) is 5.96 Å². The van der Waals surface area contributed by atoms with E-state index in [0.29, 0.717) is 25.7 Å². The number of amides is 1. The van der Waals surface area contributed by atoms with Gasteiger partial charge in [-0.2, -0.15) is 0 Å². The minimum Gasteiger partial charge on any atom is -0.444 e. The van der Waals surface area contributed by atoms with E-state index < -0.39 is 5.60 Å². The third-order valence-corrected chi connectivity index (χ3v) is 4.17. The Morgan fingerprint density at radius 1 is 1.23 bits per heavy atom. The molecule has 1 heterocycles. The second-order valence-corrected chi connectivity index (χ2v) is 7.58. The lowest BCUT2D eigenvalue weighted by Gasteiger charge is -2.34. The molecule has 7 heteroatoms. The van der Waals surface area contributed by atoms with Crippen LogP contribution in [0.15, 0.2) is 4.99 Å². The molecule has 0 saturated carbocycles. The largest absolute Gasteiger partial charge is 0.444 e. The van der Waals surface area contributed by atoms with Crippen molar-refractivity contribution in [2.24, 2.45) is 4.99 Å². The summed E-state index contributed by atoms with van der Waals surface area (Å²) in [7, 11) is 1.80. The molecular formula is C19H38N4O3. The van der Waals surface area contributed by atoms with Crippen molar-refractivity contribution in [3.63, 3.8) is 0 Å². The molecule has 1 aliphatic rings. The smallest absolute Gasteiger partial charge is 0.410 e. The lowest BCUT2D eigenvalue weighted by Crippen LogP contribution is -2.49. The molecule has 1 rings (SSSR count). The standard InChI is InChI=1S/C19H38N4O3/c1-7-12-23(18(24)26-19(3,4)5)15-11-21-17(20-6)22-13-9-16(10-14-22)25-8-2/h16H,7-15H2,1-6H3,(H,20,21). The van der Waals surface area contributed by atoms with Crippen LogP contribution in [0.1, 0.15) is 53.9 Å². The first-order valence-corrected chi connectivity index (χ1v) is 9.85. The first-order valence-electron chi connectivity index (χ1n) is 9.85. The van der Waals surface area contributed by atoms with Crippen LogP contribution in [-0.4, -0.2) is 79.9 Å². The Morgan fingerprint density at radius 3 is 2.38 bits per heavy atom. The highest BCUT2D eigenvalue weighted by Gasteiger charge is 2.23. The number of carbonyl (C=O) groups excluding carboxylic acids is 1. The van der Waals surface area contributed by atoms with E-state index in [-0.39, 0.29) is 6.09 Å². The second-order valence-electron chi connectivity index (χ2n) is 7.58. The van der Waals surface area contributed by atoms with Crippen LogP contribution in [0.2, 0.25) is 0 Å². The predicted molar refractivity (Wildman–Crippen MR) is 106 cm³/mol. The Balaban J connectivity index is 2.45. The summed E-state index contributed by atoms with van der Waals surface area (Å²) < 4.78 is 11.2. The SMILES string of the molecule is CCCN(CCNC(=NC)N1CCC(OCC)CC1)C(=O)OC(C)(C)C. The van der Waals surface area contributed by atoms with Gasteiger partial charge < -0.3 is 24.6 Å². The molecule has 0 radical (unpaired) electrons. The minimum atomic E-state index is -0.475. The lowest BCUT2D eigenvalue weighted by molar-refractivity contribution is 0.0242. The molecule has 1 amide bonds. The van der Waals surface area contributed by atoms with E-state index in [4.69, 9.17) is 9.47 Å². The molecule has 7 nitrogen and oxygen atoms in total. The first-order chi connectivity index (χ1) is 12.3. The van der Waals surface area contributed by atoms with Crippen molar-refractivity contribution in [3.8, 4) is 0 Å². The maximum absolute atomic E-state index is 12.3. The van der Waals surface area contributed by atoms with Gasteiger partial charge in [-0.1, -0.05) is 6.92 Å². The van der Waals surface area contributed by atoms with E-state index in [9.17, 15) is 4.79 Å². The second kappa shape index (κ2) is 11.3. The average Bonchev–Trinajstić information content (AvgIpc) is 2.57. The number of rotatable bonds is 7. The number of guanidine groups is 1. The van der Waals surface area contributed by atoms with Gasteiger partial charge in [-0.3, -0.25) is 4.99 Å². The fourth-order valence-electron chi connectivity index (χ4n) is 3.00. The van der Waals surface area contributed by atoms with E-state index in [1.54, 1.807) is 11.9 Å². The van der Waals surface area contributed by atoms with Gasteiger partial charge in [0.25, 0.3) is 0 Å². The summed E-state index contributed by atoms with van der Waals surface area (Å²) in [6, 6.07) is 0. The number of ether oxygens (including phenoxy) is 2. The van der Waals surface area contributed by atoms with Crippen LogP contribution in [0.4, 0.5) is 4.79 Å². The molecule has 152 valence electrons. The molecular weight excluding hydrogens is 332 g/mol. The van der Waals surface area contributed by atoms with Crippen LogP contribution >= 0.6 is 0 Å². The molecule has 1 N–H and O–H groups in total. The van der Waals surface area contributed by atoms with E-state index >= 15 is 0 Å². The van der Waals surface area contributed by atoms with Crippen molar-refractivity contribution in [2.45, 2.75) is 65.6 Å².